The van der Waals surface area contributed by atoms with E-state index < -0.39 is 0 Å². The van der Waals surface area contributed by atoms with Crippen LogP contribution < -0.4 is 5.32 Å². The topological polar surface area (TPSA) is 37.8 Å². The van der Waals surface area contributed by atoms with Crippen LogP contribution in [0.4, 0.5) is 5.82 Å². The summed E-state index contributed by atoms with van der Waals surface area (Å²) >= 11 is 6.05. The summed E-state index contributed by atoms with van der Waals surface area (Å²) in [5.74, 6) is 1.65. The van der Waals surface area contributed by atoms with Crippen LogP contribution in [0.25, 0.3) is 11.4 Å². The van der Waals surface area contributed by atoms with Crippen molar-refractivity contribution in [3.63, 3.8) is 0 Å². The molecule has 2 rings (SSSR count). The Bertz CT molecular complexity index is 596. The second kappa shape index (κ2) is 6.71. The van der Waals surface area contributed by atoms with Crippen molar-refractivity contribution in [2.24, 2.45) is 0 Å². The van der Waals surface area contributed by atoms with Crippen molar-refractivity contribution in [2.75, 3.05) is 11.9 Å². The van der Waals surface area contributed by atoms with Gasteiger partial charge in [-0.3, -0.25) is 0 Å². The van der Waals surface area contributed by atoms with Gasteiger partial charge in [0.25, 0.3) is 0 Å². The Morgan fingerprint density at radius 1 is 1.20 bits per heavy atom. The molecule has 0 bridgehead atoms. The maximum absolute atomic E-state index is 6.05. The number of nitrogens with one attached hydrogen (secondary N) is 1. The third kappa shape index (κ3) is 3.28. The third-order valence-electron chi connectivity index (χ3n) is 3.21. The number of nitrogens with zero attached hydrogens (tertiary/aromatic N) is 2. The van der Waals surface area contributed by atoms with Gasteiger partial charge in [-0.1, -0.05) is 37.6 Å². The highest BCUT2D eigenvalue weighted by Gasteiger charge is 2.11. The van der Waals surface area contributed by atoms with Crippen molar-refractivity contribution in [1.82, 2.24) is 9.97 Å². The molecule has 0 saturated carbocycles. The average molecular weight is 290 g/mol. The first-order valence-corrected chi connectivity index (χ1v) is 7.40. The minimum absolute atomic E-state index is 0.702. The minimum atomic E-state index is 0.702. The molecule has 0 aliphatic heterocycles. The second-order valence-electron chi connectivity index (χ2n) is 4.76. The molecule has 0 fully saturated rings. The third-order valence-corrected chi connectivity index (χ3v) is 3.44. The fraction of sp³-hybridized carbons (Fsp3) is 0.375. The van der Waals surface area contributed by atoms with E-state index in [4.69, 9.17) is 11.6 Å². The molecule has 20 heavy (non-hydrogen) atoms. The lowest BCUT2D eigenvalue weighted by Gasteiger charge is -2.13. The molecule has 1 N–H and O–H groups in total. The highest BCUT2D eigenvalue weighted by Crippen LogP contribution is 2.24. The van der Waals surface area contributed by atoms with Gasteiger partial charge in [-0.25, -0.2) is 9.97 Å². The van der Waals surface area contributed by atoms with Crippen LogP contribution in [-0.4, -0.2) is 16.5 Å². The standard InChI is InChI=1S/C16H20ClN3/c1-4-9-18-15-11(3)14(5-2)19-16(20-15)12-7-6-8-13(17)10-12/h6-8,10H,4-5,9H2,1-3H3,(H,18,19,20). The lowest BCUT2D eigenvalue weighted by atomic mass is 10.1. The van der Waals surface area contributed by atoms with Crippen LogP contribution in [-0.2, 0) is 6.42 Å². The first-order valence-electron chi connectivity index (χ1n) is 7.03. The number of anilines is 1. The Morgan fingerprint density at radius 3 is 2.65 bits per heavy atom. The summed E-state index contributed by atoms with van der Waals surface area (Å²) < 4.78 is 0. The van der Waals surface area contributed by atoms with Crippen LogP contribution in [0, 0.1) is 6.92 Å². The Morgan fingerprint density at radius 2 is 2.00 bits per heavy atom. The number of aryl methyl sites for hydroxylation is 1. The zero-order valence-electron chi connectivity index (χ0n) is 12.2. The summed E-state index contributed by atoms with van der Waals surface area (Å²) in [7, 11) is 0. The molecule has 0 atom stereocenters. The van der Waals surface area contributed by atoms with Gasteiger partial charge in [0, 0.05) is 28.4 Å². The van der Waals surface area contributed by atoms with Gasteiger partial charge in [0.05, 0.1) is 0 Å². The molecule has 106 valence electrons. The molecular formula is C16H20ClN3. The molecule has 3 nitrogen and oxygen atoms in total. The largest absolute Gasteiger partial charge is 0.370 e. The summed E-state index contributed by atoms with van der Waals surface area (Å²) in [6.45, 7) is 7.23. The molecule has 1 heterocycles. The summed E-state index contributed by atoms with van der Waals surface area (Å²) in [6, 6.07) is 7.66. The van der Waals surface area contributed by atoms with E-state index in [2.05, 4.69) is 36.1 Å². The van der Waals surface area contributed by atoms with Crippen LogP contribution in [0.15, 0.2) is 24.3 Å². The van der Waals surface area contributed by atoms with E-state index in [9.17, 15) is 0 Å². The van der Waals surface area contributed by atoms with Crippen LogP contribution in [0.2, 0.25) is 5.02 Å². The second-order valence-corrected chi connectivity index (χ2v) is 5.19. The fourth-order valence-electron chi connectivity index (χ4n) is 2.08. The summed E-state index contributed by atoms with van der Waals surface area (Å²) in [5.41, 5.74) is 3.16. The van der Waals surface area contributed by atoms with E-state index >= 15 is 0 Å². The molecule has 2 aromatic rings. The number of rotatable bonds is 5. The molecule has 0 aliphatic carbocycles. The molecule has 0 spiro atoms. The Balaban J connectivity index is 2.48. The average Bonchev–Trinajstić information content (AvgIpc) is 2.46. The van der Waals surface area contributed by atoms with Gasteiger partial charge in [-0.05, 0) is 31.9 Å². The van der Waals surface area contributed by atoms with E-state index in [1.807, 2.05) is 24.3 Å². The molecule has 0 unspecified atom stereocenters. The normalized spacial score (nSPS) is 10.6. The molecule has 4 heteroatoms. The Kier molecular flexibility index (Phi) is 4.96. The van der Waals surface area contributed by atoms with E-state index in [-0.39, 0.29) is 0 Å². The lowest BCUT2D eigenvalue weighted by molar-refractivity contribution is 0.936. The minimum Gasteiger partial charge on any atom is -0.370 e. The van der Waals surface area contributed by atoms with E-state index in [0.29, 0.717) is 5.02 Å². The fourth-order valence-corrected chi connectivity index (χ4v) is 2.27. The SMILES string of the molecule is CCCNc1nc(-c2cccc(Cl)c2)nc(CC)c1C. The maximum Gasteiger partial charge on any atom is 0.161 e. The van der Waals surface area contributed by atoms with Crippen molar-refractivity contribution >= 4 is 17.4 Å². The van der Waals surface area contributed by atoms with Crippen LogP contribution in [0.5, 0.6) is 0 Å². The maximum atomic E-state index is 6.05. The van der Waals surface area contributed by atoms with Gasteiger partial charge in [-0.2, -0.15) is 0 Å². The van der Waals surface area contributed by atoms with Crippen molar-refractivity contribution in [3.05, 3.63) is 40.5 Å². The molecule has 1 aromatic heterocycles. The van der Waals surface area contributed by atoms with Gasteiger partial charge >= 0.3 is 0 Å². The highest BCUT2D eigenvalue weighted by atomic mass is 35.5. The van der Waals surface area contributed by atoms with E-state index in [1.54, 1.807) is 0 Å². The summed E-state index contributed by atoms with van der Waals surface area (Å²) in [6.07, 6.45) is 1.96. The smallest absolute Gasteiger partial charge is 0.161 e. The predicted octanol–water partition coefficient (Wildman–Crippen LogP) is 4.49. The van der Waals surface area contributed by atoms with Gasteiger partial charge in [0.1, 0.15) is 5.82 Å². The molecular weight excluding hydrogens is 270 g/mol. The molecule has 0 saturated heterocycles. The Hall–Kier alpha value is -1.61. The quantitative estimate of drug-likeness (QED) is 0.881. The van der Waals surface area contributed by atoms with Crippen LogP contribution >= 0.6 is 11.6 Å². The number of aromatic nitrogens is 2. The number of hydrogen-bond donors (Lipinski definition) is 1. The number of hydrogen-bond acceptors (Lipinski definition) is 3. The first kappa shape index (κ1) is 14.8. The summed E-state index contributed by atoms with van der Waals surface area (Å²) in [4.78, 5) is 9.31. The number of halogens is 1. The number of benzene rings is 1. The van der Waals surface area contributed by atoms with Crippen molar-refractivity contribution in [1.29, 1.82) is 0 Å². The first-order chi connectivity index (χ1) is 9.65. The molecule has 0 amide bonds. The van der Waals surface area contributed by atoms with Crippen molar-refractivity contribution in [2.45, 2.75) is 33.6 Å². The molecule has 0 aliphatic rings. The van der Waals surface area contributed by atoms with Gasteiger partial charge < -0.3 is 5.32 Å². The van der Waals surface area contributed by atoms with Crippen LogP contribution in [0.1, 0.15) is 31.5 Å². The van der Waals surface area contributed by atoms with E-state index in [0.717, 1.165) is 47.8 Å². The van der Waals surface area contributed by atoms with Crippen LogP contribution in [0.3, 0.4) is 0 Å². The predicted molar refractivity (Wildman–Crippen MR) is 85.4 cm³/mol. The van der Waals surface area contributed by atoms with Crippen molar-refractivity contribution in [3.8, 4) is 11.4 Å². The molecule has 0 radical (unpaired) electrons. The van der Waals surface area contributed by atoms with Crippen molar-refractivity contribution < 1.29 is 0 Å². The summed E-state index contributed by atoms with van der Waals surface area (Å²) in [5, 5.41) is 4.08. The Labute approximate surface area is 125 Å². The van der Waals surface area contributed by atoms with Gasteiger partial charge in [0.2, 0.25) is 0 Å². The zero-order valence-corrected chi connectivity index (χ0v) is 13.0. The van der Waals surface area contributed by atoms with Gasteiger partial charge in [-0.15, -0.1) is 0 Å². The monoisotopic (exact) mass is 289 g/mol. The molecule has 1 aromatic carbocycles. The van der Waals surface area contributed by atoms with E-state index in [1.165, 1.54) is 0 Å². The van der Waals surface area contributed by atoms with Gasteiger partial charge in [0.15, 0.2) is 5.82 Å². The zero-order chi connectivity index (χ0) is 14.5. The lowest BCUT2D eigenvalue weighted by Crippen LogP contribution is -2.08. The highest BCUT2D eigenvalue weighted by molar-refractivity contribution is 6.30.